The molecule has 0 radical (unpaired) electrons. The number of rotatable bonds is 6. The van der Waals surface area contributed by atoms with Gasteiger partial charge in [-0.3, -0.25) is 0 Å². The fraction of sp³-hybridized carbons (Fsp3) is 0.286. The highest BCUT2D eigenvalue weighted by Crippen LogP contribution is 2.32. The minimum atomic E-state index is -2.56. The van der Waals surface area contributed by atoms with E-state index in [-0.39, 0.29) is 0 Å². The molecule has 0 saturated carbocycles. The number of alkyl halides is 2. The van der Waals surface area contributed by atoms with Crippen LogP contribution in [0.4, 0.5) is 8.78 Å². The zero-order valence-electron chi connectivity index (χ0n) is 15.1. The van der Waals surface area contributed by atoms with Crippen LogP contribution in [0.15, 0.2) is 49.0 Å². The van der Waals surface area contributed by atoms with E-state index in [2.05, 4.69) is 6.58 Å². The lowest BCUT2D eigenvalue weighted by Crippen LogP contribution is -2.23. The van der Waals surface area contributed by atoms with Gasteiger partial charge in [-0.15, -0.1) is 0 Å². The van der Waals surface area contributed by atoms with Crippen LogP contribution in [0.1, 0.15) is 36.7 Å². The van der Waals surface area contributed by atoms with Crippen molar-refractivity contribution in [3.05, 3.63) is 60.2 Å². The van der Waals surface area contributed by atoms with Gasteiger partial charge in [0.15, 0.2) is 0 Å². The van der Waals surface area contributed by atoms with Crippen molar-refractivity contribution in [2.24, 2.45) is 0 Å². The van der Waals surface area contributed by atoms with Crippen molar-refractivity contribution in [3.63, 3.8) is 0 Å². The lowest BCUT2D eigenvalue weighted by molar-refractivity contribution is 0.00695. The largest absolute Gasteiger partial charge is 0.487 e. The number of hydrogen-bond acceptors (Lipinski definition) is 3. The van der Waals surface area contributed by atoms with Gasteiger partial charge in [0.2, 0.25) is 0 Å². The van der Waals surface area contributed by atoms with Crippen LogP contribution in [0, 0.1) is 0 Å². The van der Waals surface area contributed by atoms with E-state index in [1.807, 2.05) is 0 Å². The zero-order chi connectivity index (χ0) is 19.3. The van der Waals surface area contributed by atoms with E-state index in [4.69, 9.17) is 9.47 Å². The molecule has 0 aromatic heterocycles. The minimum Gasteiger partial charge on any atom is -0.487 e. The molecule has 0 N–H and O–H groups in total. The number of hydrogen-bond donors (Lipinski definition) is 0. The van der Waals surface area contributed by atoms with Crippen molar-refractivity contribution in [2.75, 3.05) is 6.61 Å². The Kier molecular flexibility index (Phi) is 6.14. The molecular weight excluding hydrogens is 338 g/mol. The third kappa shape index (κ3) is 5.41. The molecule has 0 unspecified atom stereocenters. The summed E-state index contributed by atoms with van der Waals surface area (Å²) in [7, 11) is 0. The summed E-state index contributed by atoms with van der Waals surface area (Å²) in [6, 6.07) is 11.9. The smallest absolute Gasteiger partial charge is 0.338 e. The van der Waals surface area contributed by atoms with Crippen molar-refractivity contribution in [1.29, 1.82) is 0 Å². The van der Waals surface area contributed by atoms with Gasteiger partial charge < -0.3 is 9.47 Å². The molecular formula is C21H22F2O3. The Bertz CT molecular complexity index is 775. The van der Waals surface area contributed by atoms with E-state index < -0.39 is 24.6 Å². The molecule has 0 heterocycles. The van der Waals surface area contributed by atoms with Gasteiger partial charge in [0.05, 0.1) is 5.56 Å². The van der Waals surface area contributed by atoms with Gasteiger partial charge in [-0.05, 0) is 56.2 Å². The fourth-order valence-corrected chi connectivity index (χ4v) is 2.30. The molecule has 0 aliphatic rings. The van der Waals surface area contributed by atoms with Crippen LogP contribution in [0.2, 0.25) is 0 Å². The van der Waals surface area contributed by atoms with E-state index in [0.717, 1.165) is 11.1 Å². The van der Waals surface area contributed by atoms with Gasteiger partial charge in [-0.25, -0.2) is 13.6 Å². The Morgan fingerprint density at radius 2 is 1.81 bits per heavy atom. The monoisotopic (exact) mass is 360 g/mol. The van der Waals surface area contributed by atoms with Crippen molar-refractivity contribution >= 4 is 12.0 Å². The molecule has 2 rings (SSSR count). The minimum absolute atomic E-state index is 0.348. The third-order valence-corrected chi connectivity index (χ3v) is 3.43. The summed E-state index contributed by atoms with van der Waals surface area (Å²) in [5, 5.41) is 0. The summed E-state index contributed by atoms with van der Waals surface area (Å²) in [6.07, 6.45) is -0.897. The molecule has 2 aromatic rings. The molecule has 0 aliphatic heterocycles. The van der Waals surface area contributed by atoms with Gasteiger partial charge in [0.25, 0.3) is 6.43 Å². The van der Waals surface area contributed by atoms with Gasteiger partial charge in [-0.1, -0.05) is 30.9 Å². The summed E-state index contributed by atoms with van der Waals surface area (Å²) >= 11 is 0. The number of carbonyl (C=O) groups excluding carboxylic acids is 1. The standard InChI is InChI=1S/C21H22F2O3/c1-5-14-6-11-18(25-13-19(22)23)17(12-14)15-7-9-16(10-8-15)20(24)26-21(2,3)4/h5-12,19H,1,13H2,2-4H3. The highest BCUT2D eigenvalue weighted by molar-refractivity contribution is 5.90. The Hall–Kier alpha value is -2.69. The van der Waals surface area contributed by atoms with Crippen molar-refractivity contribution in [3.8, 4) is 16.9 Å². The molecule has 0 bridgehead atoms. The molecule has 0 amide bonds. The average Bonchev–Trinajstić information content (AvgIpc) is 2.58. The second-order valence-corrected chi connectivity index (χ2v) is 6.74. The zero-order valence-corrected chi connectivity index (χ0v) is 15.1. The van der Waals surface area contributed by atoms with Crippen LogP contribution in [-0.2, 0) is 4.74 Å². The van der Waals surface area contributed by atoms with Crippen molar-refractivity contribution in [2.45, 2.75) is 32.8 Å². The van der Waals surface area contributed by atoms with Crippen LogP contribution in [0.25, 0.3) is 17.2 Å². The maximum atomic E-state index is 12.5. The quantitative estimate of drug-likeness (QED) is 0.630. The predicted molar refractivity (Wildman–Crippen MR) is 98.6 cm³/mol. The lowest BCUT2D eigenvalue weighted by Gasteiger charge is -2.19. The summed E-state index contributed by atoms with van der Waals surface area (Å²) in [5.74, 6) is -0.0704. The van der Waals surface area contributed by atoms with E-state index in [1.54, 1.807) is 69.3 Å². The maximum Gasteiger partial charge on any atom is 0.338 e. The topological polar surface area (TPSA) is 35.5 Å². The molecule has 3 nitrogen and oxygen atoms in total. The second-order valence-electron chi connectivity index (χ2n) is 6.74. The van der Waals surface area contributed by atoms with E-state index >= 15 is 0 Å². The Balaban J connectivity index is 2.32. The molecule has 2 aromatic carbocycles. The summed E-state index contributed by atoms with van der Waals surface area (Å²) in [6.45, 7) is 8.43. The van der Waals surface area contributed by atoms with E-state index in [9.17, 15) is 13.6 Å². The molecule has 0 saturated heterocycles. The van der Waals surface area contributed by atoms with Crippen molar-refractivity contribution < 1.29 is 23.0 Å². The molecule has 0 spiro atoms. The van der Waals surface area contributed by atoms with E-state index in [0.29, 0.717) is 16.9 Å². The number of esters is 1. The molecule has 138 valence electrons. The first-order valence-electron chi connectivity index (χ1n) is 8.21. The molecule has 0 aliphatic carbocycles. The second kappa shape index (κ2) is 8.13. The summed E-state index contributed by atoms with van der Waals surface area (Å²) in [5.41, 5.74) is 2.06. The summed E-state index contributed by atoms with van der Waals surface area (Å²) < 4.78 is 35.5. The molecule has 26 heavy (non-hydrogen) atoms. The molecule has 0 fully saturated rings. The van der Waals surface area contributed by atoms with E-state index in [1.165, 1.54) is 0 Å². The maximum absolute atomic E-state index is 12.5. The number of ether oxygens (including phenoxy) is 2. The molecule has 5 heteroatoms. The number of carbonyl (C=O) groups is 1. The van der Waals surface area contributed by atoms with Crippen LogP contribution in [0.3, 0.4) is 0 Å². The lowest BCUT2D eigenvalue weighted by atomic mass is 10.0. The number of halogens is 2. The first-order valence-corrected chi connectivity index (χ1v) is 8.21. The summed E-state index contributed by atoms with van der Waals surface area (Å²) in [4.78, 5) is 12.1. The normalized spacial score (nSPS) is 11.3. The van der Waals surface area contributed by atoms with Gasteiger partial charge >= 0.3 is 5.97 Å². The van der Waals surface area contributed by atoms with Gasteiger partial charge in [0.1, 0.15) is 18.0 Å². The van der Waals surface area contributed by atoms with Crippen LogP contribution in [-0.4, -0.2) is 24.6 Å². The third-order valence-electron chi connectivity index (χ3n) is 3.43. The van der Waals surface area contributed by atoms with Crippen molar-refractivity contribution in [1.82, 2.24) is 0 Å². The average molecular weight is 360 g/mol. The predicted octanol–water partition coefficient (Wildman–Crippen LogP) is 5.60. The Labute approximate surface area is 152 Å². The van der Waals surface area contributed by atoms with Gasteiger partial charge in [0, 0.05) is 5.56 Å². The number of benzene rings is 2. The van der Waals surface area contributed by atoms with Crippen LogP contribution >= 0.6 is 0 Å². The first kappa shape index (κ1) is 19.6. The van der Waals surface area contributed by atoms with Gasteiger partial charge in [-0.2, -0.15) is 0 Å². The van der Waals surface area contributed by atoms with Crippen LogP contribution < -0.4 is 4.74 Å². The fourth-order valence-electron chi connectivity index (χ4n) is 2.30. The highest BCUT2D eigenvalue weighted by Gasteiger charge is 2.18. The SMILES string of the molecule is C=Cc1ccc(OCC(F)F)c(-c2ccc(C(=O)OC(C)(C)C)cc2)c1. The first-order chi connectivity index (χ1) is 12.2. The Morgan fingerprint density at radius 1 is 1.15 bits per heavy atom. The van der Waals surface area contributed by atoms with Crippen LogP contribution in [0.5, 0.6) is 5.75 Å². The Morgan fingerprint density at radius 3 is 2.35 bits per heavy atom. The molecule has 0 atom stereocenters. The highest BCUT2D eigenvalue weighted by atomic mass is 19.3.